The van der Waals surface area contributed by atoms with Crippen LogP contribution in [0.1, 0.15) is 19.8 Å². The Kier molecular flexibility index (Phi) is 3.37. The molecule has 4 nitrogen and oxygen atoms in total. The highest BCUT2D eigenvalue weighted by Gasteiger charge is 2.33. The Balaban J connectivity index is 2.60. The number of hydrogen-bond donors (Lipinski definition) is 0. The van der Waals surface area contributed by atoms with Crippen molar-refractivity contribution < 1.29 is 9.53 Å². The zero-order valence-electron chi connectivity index (χ0n) is 9.54. The molecule has 0 aromatic heterocycles. The minimum atomic E-state index is -0.163. The average molecular weight is 200 g/mol. The Morgan fingerprint density at radius 2 is 2.14 bits per heavy atom. The van der Waals surface area contributed by atoms with Crippen molar-refractivity contribution in [1.29, 1.82) is 0 Å². The smallest absolute Gasteiger partial charge is 0.319 e. The quantitative estimate of drug-likeness (QED) is 0.636. The third-order valence-corrected chi connectivity index (χ3v) is 2.80. The van der Waals surface area contributed by atoms with Crippen LogP contribution in [0.5, 0.6) is 0 Å². The Labute approximate surface area is 85.8 Å². The van der Waals surface area contributed by atoms with Gasteiger partial charge in [-0.25, -0.2) is 4.79 Å². The van der Waals surface area contributed by atoms with Crippen LogP contribution < -0.4 is 0 Å². The Hall–Kier alpha value is -0.770. The van der Waals surface area contributed by atoms with Gasteiger partial charge in [-0.2, -0.15) is 0 Å². The SMILES string of the molecule is COC1(C)CCCN(C(=O)N(C)C)C1. The van der Waals surface area contributed by atoms with E-state index in [0.29, 0.717) is 6.54 Å². The van der Waals surface area contributed by atoms with E-state index in [1.54, 1.807) is 26.1 Å². The first kappa shape index (κ1) is 11.3. The highest BCUT2D eigenvalue weighted by molar-refractivity contribution is 5.74. The molecule has 4 heteroatoms. The van der Waals surface area contributed by atoms with Gasteiger partial charge < -0.3 is 14.5 Å². The summed E-state index contributed by atoms with van der Waals surface area (Å²) in [5.74, 6) is 0. The Bertz CT molecular complexity index is 218. The van der Waals surface area contributed by atoms with Crippen molar-refractivity contribution in [2.24, 2.45) is 0 Å². The lowest BCUT2D eigenvalue weighted by molar-refractivity contribution is -0.0422. The fourth-order valence-electron chi connectivity index (χ4n) is 1.82. The van der Waals surface area contributed by atoms with Crippen molar-refractivity contribution in [2.75, 3.05) is 34.3 Å². The van der Waals surface area contributed by atoms with E-state index in [9.17, 15) is 4.79 Å². The minimum Gasteiger partial charge on any atom is -0.377 e. The molecule has 2 amide bonds. The molecule has 1 unspecified atom stereocenters. The molecule has 1 aliphatic heterocycles. The number of urea groups is 1. The van der Waals surface area contributed by atoms with E-state index in [-0.39, 0.29) is 11.6 Å². The molecule has 1 saturated heterocycles. The number of ether oxygens (including phenoxy) is 1. The van der Waals surface area contributed by atoms with Crippen LogP contribution in [-0.2, 0) is 4.74 Å². The van der Waals surface area contributed by atoms with Gasteiger partial charge in [-0.15, -0.1) is 0 Å². The number of carbonyl (C=O) groups excluding carboxylic acids is 1. The van der Waals surface area contributed by atoms with Crippen LogP contribution in [-0.4, -0.2) is 55.7 Å². The van der Waals surface area contributed by atoms with Crippen molar-refractivity contribution in [3.8, 4) is 0 Å². The van der Waals surface area contributed by atoms with Gasteiger partial charge in [0.05, 0.1) is 12.1 Å². The van der Waals surface area contributed by atoms with Gasteiger partial charge in [0.25, 0.3) is 0 Å². The van der Waals surface area contributed by atoms with Gasteiger partial charge in [0, 0.05) is 27.7 Å². The molecule has 0 bridgehead atoms. The second-order valence-corrected chi connectivity index (χ2v) is 4.36. The number of rotatable bonds is 1. The molecule has 0 aromatic rings. The number of piperidine rings is 1. The standard InChI is InChI=1S/C10H20N2O2/c1-10(14-4)6-5-7-12(8-10)9(13)11(2)3/h5-8H2,1-4H3. The Morgan fingerprint density at radius 3 is 2.64 bits per heavy atom. The number of carbonyl (C=O) groups is 1. The van der Waals surface area contributed by atoms with E-state index in [1.165, 1.54) is 0 Å². The molecule has 1 aliphatic rings. The average Bonchev–Trinajstić information content (AvgIpc) is 2.16. The summed E-state index contributed by atoms with van der Waals surface area (Å²) in [5, 5.41) is 0. The lowest BCUT2D eigenvalue weighted by Crippen LogP contribution is -2.52. The van der Waals surface area contributed by atoms with Crippen molar-refractivity contribution in [1.82, 2.24) is 9.80 Å². The van der Waals surface area contributed by atoms with Crippen molar-refractivity contribution >= 4 is 6.03 Å². The molecule has 1 heterocycles. The van der Waals surface area contributed by atoms with Crippen LogP contribution in [0.25, 0.3) is 0 Å². The predicted molar refractivity (Wildman–Crippen MR) is 55.3 cm³/mol. The highest BCUT2D eigenvalue weighted by atomic mass is 16.5. The van der Waals surface area contributed by atoms with Crippen LogP contribution in [0.4, 0.5) is 4.79 Å². The predicted octanol–water partition coefficient (Wildman–Crippen LogP) is 1.17. The summed E-state index contributed by atoms with van der Waals surface area (Å²) in [6.07, 6.45) is 2.05. The summed E-state index contributed by atoms with van der Waals surface area (Å²) in [7, 11) is 5.27. The second kappa shape index (κ2) is 4.17. The normalized spacial score (nSPS) is 27.6. The fourth-order valence-corrected chi connectivity index (χ4v) is 1.82. The van der Waals surface area contributed by atoms with E-state index in [4.69, 9.17) is 4.74 Å². The molecule has 1 atom stereocenters. The molecule has 0 aromatic carbocycles. The van der Waals surface area contributed by atoms with Crippen molar-refractivity contribution in [3.63, 3.8) is 0 Å². The minimum absolute atomic E-state index is 0.0768. The monoisotopic (exact) mass is 200 g/mol. The number of amides is 2. The summed E-state index contributed by atoms with van der Waals surface area (Å²) >= 11 is 0. The van der Waals surface area contributed by atoms with E-state index < -0.39 is 0 Å². The van der Waals surface area contributed by atoms with Gasteiger partial charge in [0.15, 0.2) is 0 Å². The van der Waals surface area contributed by atoms with E-state index in [1.807, 2.05) is 4.90 Å². The summed E-state index contributed by atoms with van der Waals surface area (Å²) in [6.45, 7) is 3.60. The van der Waals surface area contributed by atoms with Crippen molar-refractivity contribution in [3.05, 3.63) is 0 Å². The number of nitrogens with zero attached hydrogens (tertiary/aromatic N) is 2. The third-order valence-electron chi connectivity index (χ3n) is 2.80. The van der Waals surface area contributed by atoms with Crippen LogP contribution in [0.2, 0.25) is 0 Å². The lowest BCUT2D eigenvalue weighted by atomic mass is 9.95. The molecule has 1 fully saturated rings. The van der Waals surface area contributed by atoms with E-state index in [2.05, 4.69) is 6.92 Å². The van der Waals surface area contributed by atoms with E-state index in [0.717, 1.165) is 19.4 Å². The van der Waals surface area contributed by atoms with Crippen LogP contribution in [0, 0.1) is 0 Å². The molecule has 0 aliphatic carbocycles. The summed E-state index contributed by atoms with van der Waals surface area (Å²) in [4.78, 5) is 15.2. The van der Waals surface area contributed by atoms with Crippen LogP contribution in [0.15, 0.2) is 0 Å². The molecule has 0 spiro atoms. The van der Waals surface area contributed by atoms with Gasteiger partial charge in [0.2, 0.25) is 0 Å². The first-order chi connectivity index (χ1) is 6.48. The molecular weight excluding hydrogens is 180 g/mol. The zero-order chi connectivity index (χ0) is 10.8. The van der Waals surface area contributed by atoms with Crippen molar-refractivity contribution in [2.45, 2.75) is 25.4 Å². The molecular formula is C10H20N2O2. The summed E-state index contributed by atoms with van der Waals surface area (Å²) < 4.78 is 5.43. The summed E-state index contributed by atoms with van der Waals surface area (Å²) in [6, 6.07) is 0.0768. The van der Waals surface area contributed by atoms with Crippen LogP contribution in [0.3, 0.4) is 0 Å². The zero-order valence-corrected chi connectivity index (χ0v) is 9.54. The molecule has 0 N–H and O–H groups in total. The third kappa shape index (κ3) is 2.38. The maximum atomic E-state index is 11.7. The fraction of sp³-hybridized carbons (Fsp3) is 0.900. The van der Waals surface area contributed by atoms with E-state index >= 15 is 0 Å². The Morgan fingerprint density at radius 1 is 1.50 bits per heavy atom. The first-order valence-electron chi connectivity index (χ1n) is 5.00. The molecule has 0 saturated carbocycles. The van der Waals surface area contributed by atoms with Gasteiger partial charge in [-0.1, -0.05) is 0 Å². The highest BCUT2D eigenvalue weighted by Crippen LogP contribution is 2.24. The second-order valence-electron chi connectivity index (χ2n) is 4.36. The van der Waals surface area contributed by atoms with Gasteiger partial charge in [0.1, 0.15) is 0 Å². The summed E-state index contributed by atoms with van der Waals surface area (Å²) in [5.41, 5.74) is -0.163. The first-order valence-corrected chi connectivity index (χ1v) is 5.00. The number of likely N-dealkylation sites (tertiary alicyclic amines) is 1. The van der Waals surface area contributed by atoms with Gasteiger partial charge >= 0.3 is 6.03 Å². The molecule has 82 valence electrons. The topological polar surface area (TPSA) is 32.8 Å². The molecule has 14 heavy (non-hydrogen) atoms. The maximum Gasteiger partial charge on any atom is 0.319 e. The maximum absolute atomic E-state index is 11.7. The van der Waals surface area contributed by atoms with Crippen LogP contribution >= 0.6 is 0 Å². The van der Waals surface area contributed by atoms with Gasteiger partial charge in [-0.3, -0.25) is 0 Å². The molecule has 0 radical (unpaired) electrons. The lowest BCUT2D eigenvalue weighted by Gasteiger charge is -2.40. The number of methoxy groups -OCH3 is 1. The number of hydrogen-bond acceptors (Lipinski definition) is 2. The van der Waals surface area contributed by atoms with Gasteiger partial charge in [-0.05, 0) is 19.8 Å². The molecule has 1 rings (SSSR count). The largest absolute Gasteiger partial charge is 0.377 e.